The van der Waals surface area contributed by atoms with Crippen molar-refractivity contribution in [1.82, 2.24) is 14.1 Å². The van der Waals surface area contributed by atoms with Crippen molar-refractivity contribution < 1.29 is 13.2 Å². The first-order valence-corrected chi connectivity index (χ1v) is 14.0. The molecule has 1 aromatic carbocycles. The van der Waals surface area contributed by atoms with Crippen LogP contribution in [0.1, 0.15) is 64.4 Å². The minimum absolute atomic E-state index is 0.220. The number of piperidine rings is 1. The Morgan fingerprint density at radius 3 is 2.09 bits per heavy atom. The van der Waals surface area contributed by atoms with Crippen molar-refractivity contribution in [1.29, 1.82) is 0 Å². The van der Waals surface area contributed by atoms with Crippen LogP contribution in [-0.2, 0) is 21.2 Å². The number of hydrogen-bond donors (Lipinski definition) is 0. The van der Waals surface area contributed by atoms with Gasteiger partial charge in [-0.15, -0.1) is 0 Å². The number of likely N-dealkylation sites (tertiary alicyclic amines) is 2. The second-order valence-electron chi connectivity index (χ2n) is 9.27. The summed E-state index contributed by atoms with van der Waals surface area (Å²) in [4.78, 5) is 17.7. The number of benzene rings is 1. The summed E-state index contributed by atoms with van der Waals surface area (Å²) in [6.45, 7) is 10.1. The van der Waals surface area contributed by atoms with Crippen LogP contribution in [0.15, 0.2) is 29.2 Å². The molecule has 0 bridgehead atoms. The number of rotatable bonds is 9. The number of aryl methyl sites for hydroxylation is 1. The first-order chi connectivity index (χ1) is 15.4. The molecule has 3 rings (SSSR count). The van der Waals surface area contributed by atoms with Crippen LogP contribution < -0.4 is 0 Å². The fourth-order valence-corrected chi connectivity index (χ4v) is 6.46. The van der Waals surface area contributed by atoms with E-state index in [0.29, 0.717) is 30.8 Å². The van der Waals surface area contributed by atoms with Crippen molar-refractivity contribution >= 4 is 15.9 Å². The molecule has 2 aliphatic rings. The molecule has 0 radical (unpaired) electrons. The molecule has 1 amide bonds. The van der Waals surface area contributed by atoms with Gasteiger partial charge in [-0.1, -0.05) is 38.8 Å². The van der Waals surface area contributed by atoms with E-state index in [2.05, 4.69) is 4.90 Å². The van der Waals surface area contributed by atoms with Crippen molar-refractivity contribution in [3.63, 3.8) is 0 Å². The SMILES string of the molecule is CCN(CC)S(=O)(=O)c1ccc(CCC(=O)N2CCC(CN3CCCCCC3)CC2)cc1. The van der Waals surface area contributed by atoms with Gasteiger partial charge in [0.15, 0.2) is 0 Å². The Balaban J connectivity index is 1.43. The molecular weight excluding hydrogens is 422 g/mol. The summed E-state index contributed by atoms with van der Waals surface area (Å²) in [5, 5.41) is 0. The largest absolute Gasteiger partial charge is 0.343 e. The van der Waals surface area contributed by atoms with Crippen molar-refractivity contribution in [2.75, 3.05) is 45.8 Å². The summed E-state index contributed by atoms with van der Waals surface area (Å²) in [5.74, 6) is 0.940. The number of carbonyl (C=O) groups excluding carboxylic acids is 1. The molecule has 0 aromatic heterocycles. The molecule has 32 heavy (non-hydrogen) atoms. The van der Waals surface area contributed by atoms with Gasteiger partial charge in [0, 0.05) is 39.1 Å². The standard InChI is InChI=1S/C25H41N3O3S/c1-3-28(4-2)32(30,31)24-12-9-22(10-13-24)11-14-25(29)27-19-15-23(16-20-27)21-26-17-7-5-6-8-18-26/h9-10,12-13,23H,3-8,11,14-21H2,1-2H3. The zero-order valence-corrected chi connectivity index (χ0v) is 20.8. The first kappa shape index (κ1) is 25.2. The first-order valence-electron chi connectivity index (χ1n) is 12.5. The fourth-order valence-electron chi connectivity index (χ4n) is 5.00. The quantitative estimate of drug-likeness (QED) is 0.559. The van der Waals surface area contributed by atoms with Crippen LogP contribution in [0.3, 0.4) is 0 Å². The van der Waals surface area contributed by atoms with Gasteiger partial charge in [-0.2, -0.15) is 4.31 Å². The van der Waals surface area contributed by atoms with Crippen LogP contribution in [0.25, 0.3) is 0 Å². The monoisotopic (exact) mass is 463 g/mol. The van der Waals surface area contributed by atoms with Crippen molar-refractivity contribution in [3.05, 3.63) is 29.8 Å². The highest BCUT2D eigenvalue weighted by Gasteiger charge is 2.25. The van der Waals surface area contributed by atoms with Gasteiger partial charge < -0.3 is 9.80 Å². The minimum atomic E-state index is -3.43. The molecule has 0 spiro atoms. The number of sulfonamides is 1. The number of hydrogen-bond acceptors (Lipinski definition) is 4. The number of nitrogens with zero attached hydrogens (tertiary/aromatic N) is 3. The van der Waals surface area contributed by atoms with Gasteiger partial charge in [-0.25, -0.2) is 8.42 Å². The number of amides is 1. The molecule has 7 heteroatoms. The molecule has 1 aromatic rings. The highest BCUT2D eigenvalue weighted by molar-refractivity contribution is 7.89. The summed E-state index contributed by atoms with van der Waals surface area (Å²) in [7, 11) is -3.43. The summed E-state index contributed by atoms with van der Waals surface area (Å²) in [6, 6.07) is 7.03. The summed E-state index contributed by atoms with van der Waals surface area (Å²) >= 11 is 0. The van der Waals surface area contributed by atoms with Crippen LogP contribution in [0, 0.1) is 5.92 Å². The Labute approximate surface area is 195 Å². The Morgan fingerprint density at radius 1 is 0.938 bits per heavy atom. The molecule has 0 aliphatic carbocycles. The third-order valence-electron chi connectivity index (χ3n) is 7.08. The van der Waals surface area contributed by atoms with E-state index >= 15 is 0 Å². The van der Waals surface area contributed by atoms with Gasteiger partial charge in [-0.05, 0) is 68.8 Å². The van der Waals surface area contributed by atoms with Crippen molar-refractivity contribution in [2.24, 2.45) is 5.92 Å². The van der Waals surface area contributed by atoms with Gasteiger partial charge in [0.2, 0.25) is 15.9 Å². The summed E-state index contributed by atoms with van der Waals surface area (Å²) in [6.07, 6.45) is 8.77. The number of carbonyl (C=O) groups is 1. The smallest absolute Gasteiger partial charge is 0.243 e. The lowest BCUT2D eigenvalue weighted by Gasteiger charge is -2.34. The molecule has 2 fully saturated rings. The lowest BCUT2D eigenvalue weighted by molar-refractivity contribution is -0.132. The Morgan fingerprint density at radius 2 is 1.53 bits per heavy atom. The Hall–Kier alpha value is -1.44. The van der Waals surface area contributed by atoms with Crippen LogP contribution in [0.2, 0.25) is 0 Å². The Kier molecular flexibility index (Phi) is 9.56. The maximum Gasteiger partial charge on any atom is 0.243 e. The van der Waals surface area contributed by atoms with E-state index in [1.165, 1.54) is 49.6 Å². The van der Waals surface area contributed by atoms with Crippen molar-refractivity contribution in [2.45, 2.75) is 70.1 Å². The molecule has 2 aliphatic heterocycles. The topological polar surface area (TPSA) is 60.9 Å². The second-order valence-corrected chi connectivity index (χ2v) is 11.2. The van der Waals surface area contributed by atoms with Crippen LogP contribution in [-0.4, -0.2) is 74.2 Å². The van der Waals surface area contributed by atoms with Gasteiger partial charge in [-0.3, -0.25) is 4.79 Å². The molecule has 2 saturated heterocycles. The van der Waals surface area contributed by atoms with Gasteiger partial charge in [0.1, 0.15) is 0 Å². The van der Waals surface area contributed by atoms with E-state index in [-0.39, 0.29) is 5.91 Å². The van der Waals surface area contributed by atoms with Gasteiger partial charge in [0.05, 0.1) is 4.90 Å². The zero-order chi connectivity index (χ0) is 23.0. The maximum atomic E-state index is 12.7. The molecule has 0 N–H and O–H groups in total. The summed E-state index contributed by atoms with van der Waals surface area (Å²) < 4.78 is 26.7. The molecular formula is C25H41N3O3S. The van der Waals surface area contributed by atoms with Crippen LogP contribution >= 0.6 is 0 Å². The average molecular weight is 464 g/mol. The average Bonchev–Trinajstić information content (AvgIpc) is 3.07. The van der Waals surface area contributed by atoms with Gasteiger partial charge in [0.25, 0.3) is 0 Å². The van der Waals surface area contributed by atoms with E-state index in [4.69, 9.17) is 0 Å². The lowest BCUT2D eigenvalue weighted by atomic mass is 9.95. The highest BCUT2D eigenvalue weighted by Crippen LogP contribution is 2.22. The predicted molar refractivity (Wildman–Crippen MR) is 129 cm³/mol. The van der Waals surface area contributed by atoms with Crippen LogP contribution in [0.4, 0.5) is 0 Å². The predicted octanol–water partition coefficient (Wildman–Crippen LogP) is 3.76. The Bertz CT molecular complexity index is 805. The molecule has 0 atom stereocenters. The molecule has 2 heterocycles. The normalized spacial score (nSPS) is 19.3. The van der Waals surface area contributed by atoms with E-state index < -0.39 is 10.0 Å². The maximum absolute atomic E-state index is 12.7. The highest BCUT2D eigenvalue weighted by atomic mass is 32.2. The van der Waals surface area contributed by atoms with E-state index in [0.717, 1.165) is 37.4 Å². The third kappa shape index (κ3) is 6.78. The van der Waals surface area contributed by atoms with E-state index in [9.17, 15) is 13.2 Å². The molecule has 0 saturated carbocycles. The summed E-state index contributed by atoms with van der Waals surface area (Å²) in [5.41, 5.74) is 1.01. The zero-order valence-electron chi connectivity index (χ0n) is 20.0. The van der Waals surface area contributed by atoms with E-state index in [1.807, 2.05) is 30.9 Å². The van der Waals surface area contributed by atoms with E-state index in [1.54, 1.807) is 12.1 Å². The molecule has 180 valence electrons. The van der Waals surface area contributed by atoms with Gasteiger partial charge >= 0.3 is 0 Å². The third-order valence-corrected chi connectivity index (χ3v) is 9.14. The fraction of sp³-hybridized carbons (Fsp3) is 0.720. The van der Waals surface area contributed by atoms with Crippen molar-refractivity contribution in [3.8, 4) is 0 Å². The van der Waals surface area contributed by atoms with Crippen LogP contribution in [0.5, 0.6) is 0 Å². The molecule has 0 unspecified atom stereocenters. The molecule has 6 nitrogen and oxygen atoms in total. The lowest BCUT2D eigenvalue weighted by Crippen LogP contribution is -2.41. The second kappa shape index (κ2) is 12.1. The minimum Gasteiger partial charge on any atom is -0.343 e.